The molecule has 2 amide bonds. The fraction of sp³-hybridized carbons (Fsp3) is 0.481. The zero-order chi connectivity index (χ0) is 24.9. The third-order valence-corrected chi connectivity index (χ3v) is 6.67. The highest BCUT2D eigenvalue weighted by Gasteiger charge is 2.27. The second-order valence-electron chi connectivity index (χ2n) is 8.67. The molecule has 34 heavy (non-hydrogen) atoms. The summed E-state index contributed by atoms with van der Waals surface area (Å²) in [6, 6.07) is 15.9. The molecule has 0 aliphatic heterocycles. The molecule has 0 spiro atoms. The molecule has 0 heterocycles. The van der Waals surface area contributed by atoms with Crippen molar-refractivity contribution in [2.24, 2.45) is 0 Å². The molecule has 7 heteroatoms. The van der Waals surface area contributed by atoms with Crippen LogP contribution in [0.5, 0.6) is 0 Å². The highest BCUT2D eigenvalue weighted by molar-refractivity contribution is 6.27. The molecular formula is C27H37Cl2N3O2. The van der Waals surface area contributed by atoms with Crippen molar-refractivity contribution < 1.29 is 9.59 Å². The molecule has 0 saturated heterocycles. The van der Waals surface area contributed by atoms with Crippen molar-refractivity contribution in [3.8, 4) is 0 Å². The number of aryl methyl sites for hydroxylation is 2. The van der Waals surface area contributed by atoms with Crippen LogP contribution in [0.2, 0.25) is 0 Å². The summed E-state index contributed by atoms with van der Waals surface area (Å²) in [7, 11) is 1.93. The second-order valence-corrected chi connectivity index (χ2v) is 9.20. The van der Waals surface area contributed by atoms with Crippen molar-refractivity contribution in [1.29, 1.82) is 0 Å². The van der Waals surface area contributed by atoms with Gasteiger partial charge in [-0.05, 0) is 62.5 Å². The first kappa shape index (κ1) is 28.2. The Morgan fingerprint density at radius 2 is 1.41 bits per heavy atom. The van der Waals surface area contributed by atoms with E-state index in [9.17, 15) is 9.59 Å². The van der Waals surface area contributed by atoms with E-state index >= 15 is 0 Å². The molecule has 2 rings (SSSR count). The van der Waals surface area contributed by atoms with Crippen LogP contribution >= 0.6 is 23.2 Å². The van der Waals surface area contributed by atoms with Crippen molar-refractivity contribution in [2.45, 2.75) is 52.2 Å². The zero-order valence-corrected chi connectivity index (χ0v) is 22.0. The van der Waals surface area contributed by atoms with E-state index in [1.54, 1.807) is 4.90 Å². The van der Waals surface area contributed by atoms with Gasteiger partial charge in [0.05, 0.1) is 0 Å². The van der Waals surface area contributed by atoms with Crippen molar-refractivity contribution in [3.63, 3.8) is 0 Å². The summed E-state index contributed by atoms with van der Waals surface area (Å²) in [5.74, 6) is -0.461. The van der Waals surface area contributed by atoms with Crippen LogP contribution in [0.15, 0.2) is 48.5 Å². The fourth-order valence-electron chi connectivity index (χ4n) is 4.08. The van der Waals surface area contributed by atoms with Gasteiger partial charge < -0.3 is 15.1 Å². The number of rotatable bonds is 14. The van der Waals surface area contributed by atoms with Crippen LogP contribution in [0.3, 0.4) is 0 Å². The topological polar surface area (TPSA) is 52.7 Å². The number of nitrogens with one attached hydrogen (secondary N) is 1. The standard InChI is InChI=1S/C27H37Cl2N3O2/c1-21-10-4-6-12-23(21)18-31(26(33)16-28)20-25(14-8-9-15-30-3)32(27(34)17-29)19-24-13-7-5-11-22(24)2/h4-7,10-13,25,30H,8-9,14-20H2,1-3H3. The summed E-state index contributed by atoms with van der Waals surface area (Å²) in [4.78, 5) is 29.5. The lowest BCUT2D eigenvalue weighted by atomic mass is 10.0. The number of hydrogen-bond donors (Lipinski definition) is 1. The van der Waals surface area contributed by atoms with Crippen molar-refractivity contribution in [1.82, 2.24) is 15.1 Å². The van der Waals surface area contributed by atoms with Crippen LogP contribution in [0.1, 0.15) is 41.5 Å². The third kappa shape index (κ3) is 8.61. The first-order valence-corrected chi connectivity index (χ1v) is 12.9. The van der Waals surface area contributed by atoms with E-state index in [1.165, 1.54) is 0 Å². The number of unbranched alkanes of at least 4 members (excludes halogenated alkanes) is 1. The maximum absolute atomic E-state index is 13.0. The van der Waals surface area contributed by atoms with Gasteiger partial charge in [-0.25, -0.2) is 0 Å². The summed E-state index contributed by atoms with van der Waals surface area (Å²) in [5.41, 5.74) is 4.39. The molecule has 2 aromatic rings. The Balaban J connectivity index is 2.35. The van der Waals surface area contributed by atoms with E-state index in [4.69, 9.17) is 23.2 Å². The Kier molecular flexibility index (Phi) is 12.4. The maximum Gasteiger partial charge on any atom is 0.238 e. The molecule has 0 aromatic heterocycles. The number of hydrogen-bond acceptors (Lipinski definition) is 3. The van der Waals surface area contributed by atoms with Gasteiger partial charge in [0.1, 0.15) is 11.8 Å². The summed E-state index contributed by atoms with van der Waals surface area (Å²) in [5, 5.41) is 3.18. The second kappa shape index (κ2) is 15.0. The number of benzene rings is 2. The lowest BCUT2D eigenvalue weighted by Gasteiger charge is -2.36. The molecule has 0 radical (unpaired) electrons. The highest BCUT2D eigenvalue weighted by Crippen LogP contribution is 2.20. The van der Waals surface area contributed by atoms with Crippen LogP contribution in [0, 0.1) is 13.8 Å². The van der Waals surface area contributed by atoms with Crippen LogP contribution in [0.4, 0.5) is 0 Å². The first-order valence-electron chi connectivity index (χ1n) is 11.8. The Morgan fingerprint density at radius 3 is 1.94 bits per heavy atom. The predicted molar refractivity (Wildman–Crippen MR) is 141 cm³/mol. The van der Waals surface area contributed by atoms with Crippen molar-refractivity contribution in [2.75, 3.05) is 31.9 Å². The summed E-state index contributed by atoms with van der Waals surface area (Å²) >= 11 is 12.1. The molecule has 1 N–H and O–H groups in total. The van der Waals surface area contributed by atoms with Gasteiger partial charge in [0.2, 0.25) is 11.8 Å². The van der Waals surface area contributed by atoms with Crippen molar-refractivity contribution >= 4 is 35.0 Å². The Labute approximate surface area is 214 Å². The van der Waals surface area contributed by atoms with Gasteiger partial charge >= 0.3 is 0 Å². The number of alkyl halides is 2. The zero-order valence-electron chi connectivity index (χ0n) is 20.5. The lowest BCUT2D eigenvalue weighted by Crippen LogP contribution is -2.48. The molecule has 2 aromatic carbocycles. The average molecular weight is 507 g/mol. The van der Waals surface area contributed by atoms with Gasteiger partial charge in [0.25, 0.3) is 0 Å². The minimum absolute atomic E-state index is 0.0971. The largest absolute Gasteiger partial charge is 0.335 e. The molecule has 0 aliphatic carbocycles. The summed E-state index contributed by atoms with van der Waals surface area (Å²) < 4.78 is 0. The molecule has 0 aliphatic rings. The summed E-state index contributed by atoms with van der Waals surface area (Å²) in [6.07, 6.45) is 2.69. The van der Waals surface area contributed by atoms with E-state index < -0.39 is 0 Å². The highest BCUT2D eigenvalue weighted by atomic mass is 35.5. The SMILES string of the molecule is CNCCCCC(CN(Cc1ccccc1C)C(=O)CCl)N(Cc1ccccc1C)C(=O)CCl. The monoisotopic (exact) mass is 505 g/mol. The molecule has 1 atom stereocenters. The Morgan fingerprint density at radius 1 is 0.853 bits per heavy atom. The van der Waals surface area contributed by atoms with E-state index in [0.29, 0.717) is 19.6 Å². The Bertz CT molecular complexity index is 922. The molecule has 0 fully saturated rings. The normalized spacial score (nSPS) is 11.8. The minimum Gasteiger partial charge on any atom is -0.335 e. The van der Waals surface area contributed by atoms with Crippen LogP contribution in [-0.4, -0.2) is 59.6 Å². The molecule has 186 valence electrons. The number of nitrogens with zero attached hydrogens (tertiary/aromatic N) is 2. The van der Waals surface area contributed by atoms with Gasteiger partial charge in [-0.15, -0.1) is 23.2 Å². The molecule has 0 bridgehead atoms. The fourth-order valence-corrected chi connectivity index (χ4v) is 4.41. The van der Waals surface area contributed by atoms with Gasteiger partial charge in [-0.2, -0.15) is 0 Å². The number of carbonyl (C=O) groups excluding carboxylic acids is 2. The first-order chi connectivity index (χ1) is 16.4. The summed E-state index contributed by atoms with van der Waals surface area (Å²) in [6.45, 7) is 6.31. The van der Waals surface area contributed by atoms with Crippen LogP contribution < -0.4 is 5.32 Å². The van der Waals surface area contributed by atoms with Gasteiger partial charge in [0.15, 0.2) is 0 Å². The van der Waals surface area contributed by atoms with E-state index in [0.717, 1.165) is 48.1 Å². The number of carbonyl (C=O) groups is 2. The van der Waals surface area contributed by atoms with Crippen LogP contribution in [0.25, 0.3) is 0 Å². The van der Waals surface area contributed by atoms with Crippen molar-refractivity contribution in [3.05, 3.63) is 70.8 Å². The van der Waals surface area contributed by atoms with Gasteiger partial charge in [-0.3, -0.25) is 9.59 Å². The average Bonchev–Trinajstić information content (AvgIpc) is 2.85. The molecule has 0 saturated carbocycles. The lowest BCUT2D eigenvalue weighted by molar-refractivity contribution is -0.136. The van der Waals surface area contributed by atoms with E-state index in [2.05, 4.69) is 5.32 Å². The smallest absolute Gasteiger partial charge is 0.238 e. The Hall–Kier alpha value is -2.08. The quantitative estimate of drug-likeness (QED) is 0.293. The van der Waals surface area contributed by atoms with Gasteiger partial charge in [-0.1, -0.05) is 55.0 Å². The van der Waals surface area contributed by atoms with E-state index in [-0.39, 0.29) is 29.6 Å². The minimum atomic E-state index is -0.168. The predicted octanol–water partition coefficient (Wildman–Crippen LogP) is 4.90. The maximum atomic E-state index is 13.0. The molecule has 1 unspecified atom stereocenters. The van der Waals surface area contributed by atoms with E-state index in [1.807, 2.05) is 74.3 Å². The molecular weight excluding hydrogens is 469 g/mol. The third-order valence-electron chi connectivity index (χ3n) is 6.21. The van der Waals surface area contributed by atoms with Crippen LogP contribution in [-0.2, 0) is 22.7 Å². The number of amides is 2. The number of halogens is 2. The van der Waals surface area contributed by atoms with Gasteiger partial charge in [0, 0.05) is 25.7 Å². The molecule has 5 nitrogen and oxygen atoms in total.